The van der Waals surface area contributed by atoms with Gasteiger partial charge in [0.15, 0.2) is 11.7 Å². The fourth-order valence-electron chi connectivity index (χ4n) is 2.48. The van der Waals surface area contributed by atoms with Gasteiger partial charge in [-0.3, -0.25) is 10.1 Å². The van der Waals surface area contributed by atoms with E-state index >= 15 is 0 Å². The molecular weight excluding hydrogens is 424 g/mol. The van der Waals surface area contributed by atoms with Crippen LogP contribution in [0.4, 0.5) is 0 Å². The lowest BCUT2D eigenvalue weighted by molar-refractivity contribution is 0.222. The third kappa shape index (κ3) is 5.59. The average molecular weight is 447 g/mol. The number of guanidine groups is 1. The molecule has 3 N–H and O–H groups in total. The van der Waals surface area contributed by atoms with Gasteiger partial charge in [0, 0.05) is 20.0 Å². The molecule has 9 heteroatoms. The fraction of sp³-hybridized carbons (Fsp3) is 0.316. The van der Waals surface area contributed by atoms with Crippen molar-refractivity contribution in [2.75, 3.05) is 20.1 Å². The smallest absolute Gasteiger partial charge is 0.216 e. The van der Waals surface area contributed by atoms with Crippen molar-refractivity contribution in [2.45, 2.75) is 19.4 Å². The number of nitrogens with one attached hydrogen (secondary N) is 3. The molecule has 28 heavy (non-hydrogen) atoms. The average Bonchev–Trinajstić information content (AvgIpc) is 3.38. The zero-order valence-corrected chi connectivity index (χ0v) is 17.4. The van der Waals surface area contributed by atoms with Crippen LogP contribution < -0.4 is 15.4 Å². The molecule has 0 radical (unpaired) electrons. The number of hydrogen-bond acceptors (Lipinski definition) is 5. The van der Waals surface area contributed by atoms with Gasteiger partial charge in [0.1, 0.15) is 17.7 Å². The number of rotatable bonds is 8. The number of para-hydroxylation sites is 1. The highest BCUT2D eigenvalue weighted by atomic mass is 79.9. The summed E-state index contributed by atoms with van der Waals surface area (Å²) in [4.78, 5) is 8.65. The van der Waals surface area contributed by atoms with Gasteiger partial charge in [-0.25, -0.2) is 4.98 Å². The van der Waals surface area contributed by atoms with Crippen molar-refractivity contribution >= 4 is 21.9 Å². The number of furan rings is 1. The molecule has 1 aromatic carbocycles. The molecule has 3 aromatic rings. The van der Waals surface area contributed by atoms with E-state index in [0.717, 1.165) is 16.0 Å². The number of hydrogen-bond donors (Lipinski definition) is 3. The third-order valence-corrected chi connectivity index (χ3v) is 4.53. The Hall–Kier alpha value is -2.81. The normalized spacial score (nSPS) is 12.6. The number of halogens is 1. The van der Waals surface area contributed by atoms with E-state index in [1.807, 2.05) is 43.3 Å². The Bertz CT molecular complexity index is 893. The van der Waals surface area contributed by atoms with Crippen LogP contribution in [0.15, 0.2) is 56.5 Å². The highest BCUT2D eigenvalue weighted by molar-refractivity contribution is 9.10. The summed E-state index contributed by atoms with van der Waals surface area (Å²) in [7, 11) is 1.73. The molecule has 0 fully saturated rings. The van der Waals surface area contributed by atoms with Gasteiger partial charge >= 0.3 is 0 Å². The van der Waals surface area contributed by atoms with Crippen molar-refractivity contribution in [1.29, 1.82) is 0 Å². The Balaban J connectivity index is 1.40. The standard InChI is InChI=1S/C19H23BrN6O2/c1-13(28-15-7-4-3-6-14(15)20)12-23-19(21-2)22-10-9-17-24-18(26-25-17)16-8-5-11-27-16/h3-8,11,13H,9-10,12H2,1-2H3,(H2,21,22,23)(H,24,25,26). The topological polar surface area (TPSA) is 100 Å². The van der Waals surface area contributed by atoms with Gasteiger partial charge in [0.05, 0.1) is 17.3 Å². The van der Waals surface area contributed by atoms with E-state index in [1.54, 1.807) is 13.3 Å². The summed E-state index contributed by atoms with van der Waals surface area (Å²) < 4.78 is 12.2. The first-order valence-electron chi connectivity index (χ1n) is 8.96. The van der Waals surface area contributed by atoms with E-state index in [2.05, 4.69) is 46.7 Å². The summed E-state index contributed by atoms with van der Waals surface area (Å²) in [5.74, 6) is 3.50. The molecule has 2 aromatic heterocycles. The van der Waals surface area contributed by atoms with Crippen LogP contribution >= 0.6 is 15.9 Å². The van der Waals surface area contributed by atoms with Crippen molar-refractivity contribution in [3.63, 3.8) is 0 Å². The second kappa shape index (κ2) is 9.93. The van der Waals surface area contributed by atoms with Crippen LogP contribution in [0, 0.1) is 0 Å². The molecule has 0 aliphatic carbocycles. The third-order valence-electron chi connectivity index (χ3n) is 3.87. The first-order valence-corrected chi connectivity index (χ1v) is 9.76. The van der Waals surface area contributed by atoms with Crippen LogP contribution in [0.1, 0.15) is 12.7 Å². The number of nitrogens with zero attached hydrogens (tertiary/aromatic N) is 3. The summed E-state index contributed by atoms with van der Waals surface area (Å²) >= 11 is 3.49. The number of aromatic amines is 1. The lowest BCUT2D eigenvalue weighted by Crippen LogP contribution is -2.42. The van der Waals surface area contributed by atoms with E-state index in [-0.39, 0.29) is 6.10 Å². The minimum absolute atomic E-state index is 0.0256. The summed E-state index contributed by atoms with van der Waals surface area (Å²) in [6.07, 6.45) is 2.25. The number of benzene rings is 1. The first-order chi connectivity index (χ1) is 13.7. The van der Waals surface area contributed by atoms with Gasteiger partial charge in [0.25, 0.3) is 0 Å². The molecule has 0 bridgehead atoms. The van der Waals surface area contributed by atoms with Gasteiger partial charge in [-0.1, -0.05) is 12.1 Å². The van der Waals surface area contributed by atoms with Crippen LogP contribution in [0.3, 0.4) is 0 Å². The van der Waals surface area contributed by atoms with Gasteiger partial charge < -0.3 is 19.8 Å². The Morgan fingerprint density at radius 2 is 2.14 bits per heavy atom. The van der Waals surface area contributed by atoms with Crippen molar-refractivity contribution in [2.24, 2.45) is 4.99 Å². The summed E-state index contributed by atoms with van der Waals surface area (Å²) in [5.41, 5.74) is 0. The second-order valence-corrected chi connectivity index (χ2v) is 6.93. The largest absolute Gasteiger partial charge is 0.488 e. The first kappa shape index (κ1) is 19.9. The van der Waals surface area contributed by atoms with E-state index in [9.17, 15) is 0 Å². The van der Waals surface area contributed by atoms with E-state index < -0.39 is 0 Å². The molecule has 1 atom stereocenters. The maximum absolute atomic E-state index is 5.93. The van der Waals surface area contributed by atoms with Crippen LogP contribution in [0.5, 0.6) is 5.75 Å². The van der Waals surface area contributed by atoms with Crippen molar-refractivity contribution in [3.8, 4) is 17.3 Å². The van der Waals surface area contributed by atoms with Crippen LogP contribution in [0.2, 0.25) is 0 Å². The Morgan fingerprint density at radius 3 is 2.89 bits per heavy atom. The molecule has 148 valence electrons. The Morgan fingerprint density at radius 1 is 1.29 bits per heavy atom. The quantitative estimate of drug-likeness (QED) is 0.363. The SMILES string of the molecule is CN=C(NCCc1nc(-c2ccco2)n[nH]1)NCC(C)Oc1ccccc1Br. The van der Waals surface area contributed by atoms with E-state index in [0.29, 0.717) is 37.1 Å². The fourth-order valence-corrected chi connectivity index (χ4v) is 2.86. The highest BCUT2D eigenvalue weighted by Gasteiger charge is 2.10. The maximum Gasteiger partial charge on any atom is 0.216 e. The number of ether oxygens (including phenoxy) is 1. The Labute approximate surface area is 171 Å². The molecule has 0 saturated heterocycles. The summed E-state index contributed by atoms with van der Waals surface area (Å²) in [5, 5.41) is 13.6. The monoisotopic (exact) mass is 446 g/mol. The highest BCUT2D eigenvalue weighted by Crippen LogP contribution is 2.24. The molecule has 2 heterocycles. The van der Waals surface area contributed by atoms with Crippen molar-refractivity contribution in [1.82, 2.24) is 25.8 Å². The van der Waals surface area contributed by atoms with Gasteiger partial charge in [0.2, 0.25) is 5.82 Å². The van der Waals surface area contributed by atoms with Gasteiger partial charge in [-0.2, -0.15) is 5.10 Å². The van der Waals surface area contributed by atoms with Crippen LogP contribution in [-0.2, 0) is 6.42 Å². The van der Waals surface area contributed by atoms with Crippen LogP contribution in [0.25, 0.3) is 11.6 Å². The predicted molar refractivity (Wildman–Crippen MR) is 111 cm³/mol. The molecule has 0 amide bonds. The second-order valence-electron chi connectivity index (χ2n) is 6.07. The summed E-state index contributed by atoms with van der Waals surface area (Å²) in [6.45, 7) is 3.28. The van der Waals surface area contributed by atoms with Crippen LogP contribution in [-0.4, -0.2) is 47.4 Å². The molecule has 8 nitrogen and oxygen atoms in total. The maximum atomic E-state index is 5.93. The molecule has 3 rings (SSSR count). The molecule has 0 saturated carbocycles. The molecule has 0 aliphatic heterocycles. The van der Waals surface area contributed by atoms with E-state index in [1.165, 1.54) is 0 Å². The van der Waals surface area contributed by atoms with Gasteiger partial charge in [-0.15, -0.1) is 0 Å². The van der Waals surface area contributed by atoms with Crippen molar-refractivity contribution in [3.05, 3.63) is 53.0 Å². The lowest BCUT2D eigenvalue weighted by Gasteiger charge is -2.18. The zero-order valence-electron chi connectivity index (χ0n) is 15.8. The predicted octanol–water partition coefficient (Wildman–Crippen LogP) is 3.00. The number of aliphatic imine (C=N–C) groups is 1. The minimum Gasteiger partial charge on any atom is -0.488 e. The molecular formula is C19H23BrN6O2. The number of H-pyrrole nitrogens is 1. The Kier molecular flexibility index (Phi) is 7.07. The zero-order chi connectivity index (χ0) is 19.8. The molecule has 1 unspecified atom stereocenters. The lowest BCUT2D eigenvalue weighted by atomic mass is 10.3. The molecule has 0 aliphatic rings. The summed E-state index contributed by atoms with van der Waals surface area (Å²) in [6, 6.07) is 11.4. The molecule has 0 spiro atoms. The van der Waals surface area contributed by atoms with Crippen molar-refractivity contribution < 1.29 is 9.15 Å². The van der Waals surface area contributed by atoms with Gasteiger partial charge in [-0.05, 0) is 47.1 Å². The number of aromatic nitrogens is 3. The van der Waals surface area contributed by atoms with E-state index in [4.69, 9.17) is 9.15 Å². The minimum atomic E-state index is -0.0256.